The number of nitrogens with one attached hydrogen (secondary N) is 1. The zero-order chi connectivity index (χ0) is 19.9. The van der Waals surface area contributed by atoms with E-state index in [1.807, 2.05) is 30.7 Å². The first-order chi connectivity index (χ1) is 13.7. The monoisotopic (exact) mass is 385 g/mol. The molecule has 1 fully saturated rings. The van der Waals surface area contributed by atoms with E-state index in [2.05, 4.69) is 39.8 Å². The number of aliphatic imine (C=N–C) groups is 1. The maximum absolute atomic E-state index is 5.41. The quantitative estimate of drug-likeness (QED) is 0.612. The standard InChI is InChI=1S/C21H31N5O2/c1-5-23-21(24-13-17-6-7-19(27-3)20(12-17)28-4)25-10-8-16(2)18(14-25)26-11-9-22-15-26/h6-7,9,11-12,15-16,18H,5,8,10,13-14H2,1-4H3,(H,23,24). The van der Waals surface area contributed by atoms with Crippen LogP contribution in [0.5, 0.6) is 11.5 Å². The Hall–Kier alpha value is -2.70. The second-order valence-corrected chi connectivity index (χ2v) is 7.15. The molecule has 28 heavy (non-hydrogen) atoms. The fourth-order valence-corrected chi connectivity index (χ4v) is 3.67. The number of hydrogen-bond donors (Lipinski definition) is 1. The Morgan fingerprint density at radius 1 is 1.29 bits per heavy atom. The molecule has 1 aliphatic rings. The van der Waals surface area contributed by atoms with E-state index < -0.39 is 0 Å². The van der Waals surface area contributed by atoms with Crippen LogP contribution in [0.1, 0.15) is 31.9 Å². The molecule has 2 aromatic rings. The molecule has 1 saturated heterocycles. The molecule has 0 amide bonds. The van der Waals surface area contributed by atoms with Crippen molar-refractivity contribution in [2.24, 2.45) is 10.9 Å². The van der Waals surface area contributed by atoms with Gasteiger partial charge in [-0.3, -0.25) is 0 Å². The highest BCUT2D eigenvalue weighted by atomic mass is 16.5. The Bertz CT molecular complexity index is 775. The molecule has 3 rings (SSSR count). The summed E-state index contributed by atoms with van der Waals surface area (Å²) in [4.78, 5) is 11.5. The van der Waals surface area contributed by atoms with E-state index in [0.717, 1.165) is 49.1 Å². The topological polar surface area (TPSA) is 63.9 Å². The number of aromatic nitrogens is 2. The molecule has 1 N–H and O–H groups in total. The average molecular weight is 386 g/mol. The third-order valence-corrected chi connectivity index (χ3v) is 5.32. The number of hydrogen-bond acceptors (Lipinski definition) is 4. The van der Waals surface area contributed by atoms with Gasteiger partial charge in [0.1, 0.15) is 0 Å². The van der Waals surface area contributed by atoms with Gasteiger partial charge in [-0.25, -0.2) is 9.98 Å². The Kier molecular flexibility index (Phi) is 6.79. The van der Waals surface area contributed by atoms with Crippen molar-refractivity contribution in [3.63, 3.8) is 0 Å². The Morgan fingerprint density at radius 3 is 2.79 bits per heavy atom. The summed E-state index contributed by atoms with van der Waals surface area (Å²) < 4.78 is 12.9. The molecular weight excluding hydrogens is 354 g/mol. The fourth-order valence-electron chi connectivity index (χ4n) is 3.67. The maximum atomic E-state index is 5.41. The van der Waals surface area contributed by atoms with Crippen LogP contribution in [0.4, 0.5) is 0 Å². The molecule has 2 unspecified atom stereocenters. The molecule has 7 nitrogen and oxygen atoms in total. The summed E-state index contributed by atoms with van der Waals surface area (Å²) in [5, 5.41) is 3.45. The number of nitrogens with zero attached hydrogens (tertiary/aromatic N) is 4. The van der Waals surface area contributed by atoms with Gasteiger partial charge in [-0.15, -0.1) is 0 Å². The molecule has 1 aromatic carbocycles. The van der Waals surface area contributed by atoms with E-state index in [1.165, 1.54) is 0 Å². The zero-order valence-electron chi connectivity index (χ0n) is 17.3. The number of rotatable bonds is 6. The molecule has 0 saturated carbocycles. The molecule has 0 spiro atoms. The largest absolute Gasteiger partial charge is 0.493 e. The van der Waals surface area contributed by atoms with Gasteiger partial charge in [-0.05, 0) is 37.0 Å². The summed E-state index contributed by atoms with van der Waals surface area (Å²) in [5.74, 6) is 3.02. The maximum Gasteiger partial charge on any atom is 0.194 e. The lowest BCUT2D eigenvalue weighted by atomic mass is 9.93. The minimum atomic E-state index is 0.404. The molecule has 2 heterocycles. The molecule has 0 aliphatic carbocycles. The summed E-state index contributed by atoms with van der Waals surface area (Å²) in [7, 11) is 3.30. The van der Waals surface area contributed by atoms with Gasteiger partial charge in [0.15, 0.2) is 17.5 Å². The third kappa shape index (κ3) is 4.58. The van der Waals surface area contributed by atoms with E-state index in [-0.39, 0.29) is 0 Å². The molecule has 1 aromatic heterocycles. The molecule has 1 aliphatic heterocycles. The number of imidazole rings is 1. The highest BCUT2D eigenvalue weighted by molar-refractivity contribution is 5.80. The zero-order valence-corrected chi connectivity index (χ0v) is 17.3. The van der Waals surface area contributed by atoms with Crippen molar-refractivity contribution in [2.45, 2.75) is 32.9 Å². The number of methoxy groups -OCH3 is 2. The van der Waals surface area contributed by atoms with Gasteiger partial charge in [0.2, 0.25) is 0 Å². The van der Waals surface area contributed by atoms with Gasteiger partial charge >= 0.3 is 0 Å². The molecule has 0 bridgehead atoms. The third-order valence-electron chi connectivity index (χ3n) is 5.32. The average Bonchev–Trinajstić information content (AvgIpc) is 3.26. The van der Waals surface area contributed by atoms with E-state index >= 15 is 0 Å². The first-order valence-corrected chi connectivity index (χ1v) is 9.87. The van der Waals surface area contributed by atoms with Crippen LogP contribution in [0.25, 0.3) is 0 Å². The predicted octanol–water partition coefficient (Wildman–Crippen LogP) is 2.95. The SMILES string of the molecule is CCNC(=NCc1ccc(OC)c(OC)c1)N1CCC(C)C(n2ccnc2)C1. The van der Waals surface area contributed by atoms with Crippen LogP contribution in [0.2, 0.25) is 0 Å². The second-order valence-electron chi connectivity index (χ2n) is 7.15. The molecule has 7 heteroatoms. The van der Waals surface area contributed by atoms with Crippen LogP contribution < -0.4 is 14.8 Å². The lowest BCUT2D eigenvalue weighted by molar-refractivity contribution is 0.189. The van der Waals surface area contributed by atoms with Gasteiger partial charge in [0.05, 0.1) is 33.1 Å². The summed E-state index contributed by atoms with van der Waals surface area (Å²) in [5.41, 5.74) is 1.09. The minimum absolute atomic E-state index is 0.404. The van der Waals surface area contributed by atoms with E-state index in [4.69, 9.17) is 14.5 Å². The highest BCUT2D eigenvalue weighted by Gasteiger charge is 2.28. The van der Waals surface area contributed by atoms with Crippen molar-refractivity contribution in [2.75, 3.05) is 33.9 Å². The summed E-state index contributed by atoms with van der Waals surface area (Å²) in [6.45, 7) is 7.78. The van der Waals surface area contributed by atoms with Crippen LogP contribution in [0.15, 0.2) is 41.9 Å². The van der Waals surface area contributed by atoms with Crippen molar-refractivity contribution < 1.29 is 9.47 Å². The number of benzene rings is 1. The molecule has 0 radical (unpaired) electrons. The first kappa shape index (κ1) is 20.0. The summed E-state index contributed by atoms with van der Waals surface area (Å²) in [6.07, 6.45) is 6.95. The molecule has 2 atom stereocenters. The number of piperidine rings is 1. The number of guanidine groups is 1. The lowest BCUT2D eigenvalue weighted by Crippen LogP contribution is -2.49. The van der Waals surface area contributed by atoms with Gasteiger partial charge in [-0.1, -0.05) is 13.0 Å². The van der Waals surface area contributed by atoms with Gasteiger partial charge in [-0.2, -0.15) is 0 Å². The first-order valence-electron chi connectivity index (χ1n) is 9.87. The summed E-state index contributed by atoms with van der Waals surface area (Å²) in [6, 6.07) is 6.34. The van der Waals surface area contributed by atoms with Gasteiger partial charge in [0, 0.05) is 32.0 Å². The second kappa shape index (κ2) is 9.48. The van der Waals surface area contributed by atoms with E-state index in [1.54, 1.807) is 14.2 Å². The summed E-state index contributed by atoms with van der Waals surface area (Å²) >= 11 is 0. The smallest absolute Gasteiger partial charge is 0.194 e. The van der Waals surface area contributed by atoms with Gasteiger partial charge < -0.3 is 24.3 Å². The Morgan fingerprint density at radius 2 is 2.11 bits per heavy atom. The van der Waals surface area contributed by atoms with E-state index in [9.17, 15) is 0 Å². The van der Waals surface area contributed by atoms with Crippen molar-refractivity contribution in [3.05, 3.63) is 42.5 Å². The molecule has 152 valence electrons. The predicted molar refractivity (Wildman–Crippen MR) is 111 cm³/mol. The van der Waals surface area contributed by atoms with Crippen molar-refractivity contribution >= 4 is 5.96 Å². The highest BCUT2D eigenvalue weighted by Crippen LogP contribution is 2.29. The van der Waals surface area contributed by atoms with Gasteiger partial charge in [0.25, 0.3) is 0 Å². The fraction of sp³-hybridized carbons (Fsp3) is 0.524. The van der Waals surface area contributed by atoms with Crippen LogP contribution in [0, 0.1) is 5.92 Å². The molecular formula is C21H31N5O2. The van der Waals surface area contributed by atoms with Crippen molar-refractivity contribution in [1.82, 2.24) is 19.8 Å². The van der Waals surface area contributed by atoms with E-state index in [0.29, 0.717) is 18.5 Å². The Labute approximate surface area is 167 Å². The normalized spacial score (nSPS) is 20.1. The lowest BCUT2D eigenvalue weighted by Gasteiger charge is -2.39. The number of ether oxygens (including phenoxy) is 2. The van der Waals surface area contributed by atoms with Crippen LogP contribution in [-0.4, -0.2) is 54.3 Å². The Balaban J connectivity index is 1.75. The van der Waals surface area contributed by atoms with Crippen LogP contribution in [0.3, 0.4) is 0 Å². The van der Waals surface area contributed by atoms with Crippen molar-refractivity contribution in [3.8, 4) is 11.5 Å². The minimum Gasteiger partial charge on any atom is -0.493 e. The van der Waals surface area contributed by atoms with Crippen LogP contribution in [-0.2, 0) is 6.54 Å². The number of likely N-dealkylation sites (tertiary alicyclic amines) is 1. The van der Waals surface area contributed by atoms with Crippen molar-refractivity contribution in [1.29, 1.82) is 0 Å². The van der Waals surface area contributed by atoms with Crippen LogP contribution >= 0.6 is 0 Å².